The van der Waals surface area contributed by atoms with Gasteiger partial charge in [0.1, 0.15) is 11.5 Å². The van der Waals surface area contributed by atoms with Crippen molar-refractivity contribution in [3.63, 3.8) is 0 Å². The smallest absolute Gasteiger partial charge is 0.139 e. The van der Waals surface area contributed by atoms with Crippen molar-refractivity contribution < 1.29 is 4.39 Å². The zero-order valence-corrected chi connectivity index (χ0v) is 10.1. The van der Waals surface area contributed by atoms with Crippen molar-refractivity contribution in [1.29, 1.82) is 0 Å². The van der Waals surface area contributed by atoms with E-state index in [9.17, 15) is 4.39 Å². The Hall–Kier alpha value is -2.16. The lowest BCUT2D eigenvalue weighted by atomic mass is 10.1. The largest absolute Gasteiger partial charge is 0.296 e. The molecule has 2 heterocycles. The van der Waals surface area contributed by atoms with Crippen molar-refractivity contribution in [2.24, 2.45) is 0 Å². The first-order chi connectivity index (χ1) is 8.79. The summed E-state index contributed by atoms with van der Waals surface area (Å²) in [7, 11) is 0. The summed E-state index contributed by atoms with van der Waals surface area (Å²) in [6.07, 6.45) is 2.32. The fourth-order valence-electron chi connectivity index (χ4n) is 2.22. The van der Waals surface area contributed by atoms with Crippen LogP contribution in [0.1, 0.15) is 12.6 Å². The molecule has 0 saturated carbocycles. The Morgan fingerprint density at radius 3 is 2.61 bits per heavy atom. The Morgan fingerprint density at radius 2 is 1.89 bits per heavy atom. The lowest BCUT2D eigenvalue weighted by Crippen LogP contribution is -1.91. The molecule has 3 aromatic rings. The molecule has 0 atom stereocenters. The second kappa shape index (κ2) is 4.26. The monoisotopic (exact) mass is 240 g/mol. The summed E-state index contributed by atoms with van der Waals surface area (Å²) < 4.78 is 15.2. The minimum Gasteiger partial charge on any atom is -0.296 e. The molecule has 0 saturated heterocycles. The number of aryl methyl sites for hydroxylation is 1. The Kier molecular flexibility index (Phi) is 2.59. The maximum Gasteiger partial charge on any atom is 0.139 e. The van der Waals surface area contributed by atoms with Crippen molar-refractivity contribution in [2.75, 3.05) is 0 Å². The molecule has 2 aromatic heterocycles. The average Bonchev–Trinajstić information content (AvgIpc) is 2.77. The topological polar surface area (TPSA) is 17.3 Å². The Morgan fingerprint density at radius 1 is 1.11 bits per heavy atom. The normalized spacial score (nSPS) is 11.0. The molecule has 0 N–H and O–H groups in total. The van der Waals surface area contributed by atoms with Crippen LogP contribution in [-0.4, -0.2) is 9.38 Å². The van der Waals surface area contributed by atoms with E-state index in [1.54, 1.807) is 6.07 Å². The summed E-state index contributed by atoms with van der Waals surface area (Å²) in [4.78, 5) is 4.54. The molecule has 0 spiro atoms. The first-order valence-corrected chi connectivity index (χ1v) is 6.01. The van der Waals surface area contributed by atoms with Crippen LogP contribution in [0.3, 0.4) is 0 Å². The van der Waals surface area contributed by atoms with Crippen LogP contribution in [-0.2, 0) is 6.42 Å². The van der Waals surface area contributed by atoms with Gasteiger partial charge in [-0.05, 0) is 18.6 Å². The highest BCUT2D eigenvalue weighted by Gasteiger charge is 2.12. The third-order valence-corrected chi connectivity index (χ3v) is 3.04. The van der Waals surface area contributed by atoms with E-state index < -0.39 is 0 Å². The van der Waals surface area contributed by atoms with Crippen LogP contribution in [0.5, 0.6) is 0 Å². The second-order valence-corrected chi connectivity index (χ2v) is 4.20. The molecule has 0 fully saturated rings. The van der Waals surface area contributed by atoms with E-state index in [0.29, 0.717) is 0 Å². The van der Waals surface area contributed by atoms with Crippen LogP contribution >= 0.6 is 0 Å². The first kappa shape index (κ1) is 11.0. The molecule has 18 heavy (non-hydrogen) atoms. The minimum absolute atomic E-state index is 0.250. The molecule has 0 aliphatic heterocycles. The summed E-state index contributed by atoms with van der Waals surface area (Å²) in [6.45, 7) is 2.06. The quantitative estimate of drug-likeness (QED) is 0.667. The van der Waals surface area contributed by atoms with Crippen molar-refractivity contribution in [3.05, 3.63) is 60.2 Å². The summed E-state index contributed by atoms with van der Waals surface area (Å²) in [6, 6.07) is 13.1. The lowest BCUT2D eigenvalue weighted by Gasteiger charge is -2.04. The number of imidazole rings is 1. The van der Waals surface area contributed by atoms with E-state index in [0.717, 1.165) is 29.0 Å². The van der Waals surface area contributed by atoms with Gasteiger partial charge in [-0.15, -0.1) is 0 Å². The molecule has 0 aliphatic rings. The number of benzene rings is 1. The van der Waals surface area contributed by atoms with Crippen LogP contribution < -0.4 is 0 Å². The second-order valence-electron chi connectivity index (χ2n) is 4.20. The number of hydrogen-bond acceptors (Lipinski definition) is 1. The standard InChI is InChI=1S/C15H13FN2/c1-2-13-15(11-6-4-3-5-7-11)18-10-12(16)8-9-14(18)17-13/h3-10H,2H2,1H3. The highest BCUT2D eigenvalue weighted by molar-refractivity contribution is 5.67. The number of fused-ring (bicyclic) bond motifs is 1. The van der Waals surface area contributed by atoms with Crippen molar-refractivity contribution in [3.8, 4) is 11.3 Å². The van der Waals surface area contributed by atoms with Gasteiger partial charge >= 0.3 is 0 Å². The maximum absolute atomic E-state index is 13.4. The summed E-state index contributed by atoms with van der Waals surface area (Å²) >= 11 is 0. The molecule has 90 valence electrons. The molecular weight excluding hydrogens is 227 g/mol. The molecule has 1 aromatic carbocycles. The Labute approximate surface area is 105 Å². The first-order valence-electron chi connectivity index (χ1n) is 6.01. The van der Waals surface area contributed by atoms with E-state index >= 15 is 0 Å². The number of hydrogen-bond donors (Lipinski definition) is 0. The van der Waals surface area contributed by atoms with Gasteiger partial charge in [-0.3, -0.25) is 4.40 Å². The Balaban J connectivity index is 2.35. The van der Waals surface area contributed by atoms with Crippen LogP contribution in [0.25, 0.3) is 16.9 Å². The highest BCUT2D eigenvalue weighted by Crippen LogP contribution is 2.25. The zero-order chi connectivity index (χ0) is 12.5. The molecule has 2 nitrogen and oxygen atoms in total. The fourth-order valence-corrected chi connectivity index (χ4v) is 2.22. The number of aromatic nitrogens is 2. The lowest BCUT2D eigenvalue weighted by molar-refractivity contribution is 0.619. The van der Waals surface area contributed by atoms with Gasteiger partial charge in [-0.25, -0.2) is 9.37 Å². The average molecular weight is 240 g/mol. The van der Waals surface area contributed by atoms with Crippen LogP contribution in [0.2, 0.25) is 0 Å². The summed E-state index contributed by atoms with van der Waals surface area (Å²) in [5.74, 6) is -0.250. The van der Waals surface area contributed by atoms with Gasteiger partial charge in [0, 0.05) is 11.8 Å². The third kappa shape index (κ3) is 1.68. The highest BCUT2D eigenvalue weighted by atomic mass is 19.1. The number of nitrogens with zero attached hydrogens (tertiary/aromatic N) is 2. The predicted octanol–water partition coefficient (Wildman–Crippen LogP) is 3.70. The van der Waals surface area contributed by atoms with Gasteiger partial charge in [0.05, 0.1) is 11.4 Å². The molecule has 0 radical (unpaired) electrons. The number of pyridine rings is 1. The SMILES string of the molecule is CCc1nc2ccc(F)cn2c1-c1ccccc1. The van der Waals surface area contributed by atoms with E-state index in [2.05, 4.69) is 11.9 Å². The fraction of sp³-hybridized carbons (Fsp3) is 0.133. The summed E-state index contributed by atoms with van der Waals surface area (Å²) in [5.41, 5.74) is 3.82. The minimum atomic E-state index is -0.250. The predicted molar refractivity (Wildman–Crippen MR) is 70.0 cm³/mol. The van der Waals surface area contributed by atoms with Gasteiger partial charge in [0.2, 0.25) is 0 Å². The number of rotatable bonds is 2. The van der Waals surface area contributed by atoms with Crippen molar-refractivity contribution in [1.82, 2.24) is 9.38 Å². The molecule has 0 aliphatic carbocycles. The molecule has 0 unspecified atom stereocenters. The summed E-state index contributed by atoms with van der Waals surface area (Å²) in [5, 5.41) is 0. The molecule has 3 rings (SSSR count). The molecule has 3 heteroatoms. The molecule has 0 bridgehead atoms. The van der Waals surface area contributed by atoms with Crippen LogP contribution in [0.15, 0.2) is 48.7 Å². The van der Waals surface area contributed by atoms with Gasteiger partial charge in [-0.1, -0.05) is 37.3 Å². The van der Waals surface area contributed by atoms with Crippen molar-refractivity contribution >= 4 is 5.65 Å². The van der Waals surface area contributed by atoms with Gasteiger partial charge in [0.15, 0.2) is 0 Å². The van der Waals surface area contributed by atoms with E-state index in [1.165, 1.54) is 12.3 Å². The van der Waals surface area contributed by atoms with Crippen molar-refractivity contribution in [2.45, 2.75) is 13.3 Å². The maximum atomic E-state index is 13.4. The van der Waals surface area contributed by atoms with Gasteiger partial charge in [-0.2, -0.15) is 0 Å². The van der Waals surface area contributed by atoms with E-state index in [4.69, 9.17) is 0 Å². The van der Waals surface area contributed by atoms with E-state index in [1.807, 2.05) is 34.7 Å². The zero-order valence-electron chi connectivity index (χ0n) is 10.1. The third-order valence-electron chi connectivity index (χ3n) is 3.04. The Bertz CT molecular complexity index is 686. The molecule has 0 amide bonds. The van der Waals surface area contributed by atoms with Crippen LogP contribution in [0.4, 0.5) is 4.39 Å². The van der Waals surface area contributed by atoms with Crippen LogP contribution in [0, 0.1) is 5.82 Å². The van der Waals surface area contributed by atoms with E-state index in [-0.39, 0.29) is 5.82 Å². The van der Waals surface area contributed by atoms with Gasteiger partial charge in [0.25, 0.3) is 0 Å². The van der Waals surface area contributed by atoms with Gasteiger partial charge < -0.3 is 0 Å². The number of halogens is 1. The molecular formula is C15H13FN2.